The molecule has 4 heterocycles. The zero-order valence-corrected chi connectivity index (χ0v) is 21.7. The molecule has 1 aromatic carbocycles. The molecular weight excluding hydrogens is 496 g/mol. The van der Waals surface area contributed by atoms with Crippen LogP contribution < -0.4 is 4.74 Å². The van der Waals surface area contributed by atoms with Gasteiger partial charge in [-0.15, -0.1) is 0 Å². The number of aromatic amines is 1. The average molecular weight is 527 g/mol. The number of nitrogens with zero attached hydrogens (tertiary/aromatic N) is 3. The highest BCUT2D eigenvalue weighted by molar-refractivity contribution is 7.91. The van der Waals surface area contributed by atoms with Crippen LogP contribution in [-0.2, 0) is 19.3 Å². The number of hydrogen-bond donors (Lipinski definition) is 1. The quantitative estimate of drug-likeness (QED) is 0.518. The SMILES string of the molecule is CCS(=O)(=O)c1ccc(-c2c[nH]c3c(OC4C5COCC4CN(C(=O)OC4(C)CC4)C5)ncnc23)cc1. The van der Waals surface area contributed by atoms with E-state index in [9.17, 15) is 13.2 Å². The third-order valence-corrected chi connectivity index (χ3v) is 9.38. The van der Waals surface area contributed by atoms with Gasteiger partial charge in [-0.25, -0.2) is 18.2 Å². The zero-order chi connectivity index (χ0) is 25.8. The van der Waals surface area contributed by atoms with Gasteiger partial charge >= 0.3 is 6.09 Å². The largest absolute Gasteiger partial charge is 0.472 e. The Balaban J connectivity index is 1.22. The molecular formula is C26H30N4O6S. The van der Waals surface area contributed by atoms with Crippen molar-refractivity contribution in [3.8, 4) is 17.0 Å². The molecule has 0 radical (unpaired) electrons. The molecule has 2 aliphatic heterocycles. The van der Waals surface area contributed by atoms with E-state index >= 15 is 0 Å². The maximum absolute atomic E-state index is 12.7. The molecule has 3 aliphatic rings. The topological polar surface area (TPSA) is 124 Å². The van der Waals surface area contributed by atoms with Crippen molar-refractivity contribution in [2.24, 2.45) is 11.8 Å². The standard InChI is InChI=1S/C26H30N4O6S/c1-3-37(32,33)19-6-4-16(5-7-19)20-10-27-22-21(20)28-15-29-24(22)35-23-17-11-30(12-18(23)14-34-13-17)25(31)36-26(2)8-9-26/h4-7,10,15,17-18,23,27H,3,8-9,11-14H2,1-2H3. The number of piperidine rings is 1. The third-order valence-electron chi connectivity index (χ3n) is 7.63. The van der Waals surface area contributed by atoms with Crippen LogP contribution in [0.4, 0.5) is 4.79 Å². The number of fused-ring (bicyclic) bond motifs is 3. The van der Waals surface area contributed by atoms with Gasteiger partial charge in [-0.1, -0.05) is 19.1 Å². The third kappa shape index (κ3) is 4.54. The monoisotopic (exact) mass is 526 g/mol. The van der Waals surface area contributed by atoms with Crippen molar-refractivity contribution in [1.82, 2.24) is 19.9 Å². The van der Waals surface area contributed by atoms with E-state index in [0.29, 0.717) is 48.1 Å². The van der Waals surface area contributed by atoms with E-state index in [1.807, 2.05) is 13.1 Å². The summed E-state index contributed by atoms with van der Waals surface area (Å²) in [5.41, 5.74) is 2.73. The number of aromatic nitrogens is 3. The highest BCUT2D eigenvalue weighted by Gasteiger charge is 2.47. The number of benzene rings is 1. The van der Waals surface area contributed by atoms with Crippen LogP contribution in [0.2, 0.25) is 0 Å². The van der Waals surface area contributed by atoms with Gasteiger partial charge in [-0.3, -0.25) is 0 Å². The molecule has 2 atom stereocenters. The summed E-state index contributed by atoms with van der Waals surface area (Å²) in [6.45, 7) is 5.61. The minimum absolute atomic E-state index is 0.000402. The van der Waals surface area contributed by atoms with Crippen LogP contribution in [0.3, 0.4) is 0 Å². The van der Waals surface area contributed by atoms with E-state index in [2.05, 4.69) is 15.0 Å². The molecule has 3 fully saturated rings. The van der Waals surface area contributed by atoms with Crippen LogP contribution in [0.5, 0.6) is 5.88 Å². The van der Waals surface area contributed by atoms with Crippen molar-refractivity contribution in [3.63, 3.8) is 0 Å². The summed E-state index contributed by atoms with van der Waals surface area (Å²) in [4.78, 5) is 26.9. The molecule has 2 saturated heterocycles. The Bertz CT molecular complexity index is 1420. The molecule has 11 heteroatoms. The molecule has 1 amide bonds. The van der Waals surface area contributed by atoms with Gasteiger partial charge < -0.3 is 24.1 Å². The number of H-pyrrole nitrogens is 1. The molecule has 2 unspecified atom stereocenters. The van der Waals surface area contributed by atoms with E-state index in [1.165, 1.54) is 6.33 Å². The molecule has 2 aromatic heterocycles. The summed E-state index contributed by atoms with van der Waals surface area (Å²) in [6.07, 6.45) is 4.72. The first-order chi connectivity index (χ1) is 17.8. The van der Waals surface area contributed by atoms with Gasteiger partial charge in [0.15, 0.2) is 9.84 Å². The molecule has 1 N–H and O–H groups in total. The van der Waals surface area contributed by atoms with Crippen molar-refractivity contribution in [2.75, 3.05) is 32.1 Å². The van der Waals surface area contributed by atoms with E-state index < -0.39 is 9.84 Å². The minimum atomic E-state index is -3.27. The van der Waals surface area contributed by atoms with Crippen LogP contribution in [0.15, 0.2) is 41.7 Å². The second-order valence-corrected chi connectivity index (χ2v) is 12.7. The lowest BCUT2D eigenvalue weighted by Gasteiger charge is -2.46. The van der Waals surface area contributed by atoms with Gasteiger partial charge in [0.05, 0.1) is 23.9 Å². The number of amides is 1. The fourth-order valence-electron chi connectivity index (χ4n) is 5.16. The first-order valence-corrected chi connectivity index (χ1v) is 14.3. The summed E-state index contributed by atoms with van der Waals surface area (Å²) in [7, 11) is -3.27. The molecule has 37 heavy (non-hydrogen) atoms. The number of nitrogens with one attached hydrogen (secondary N) is 1. The second kappa shape index (κ2) is 8.98. The Morgan fingerprint density at radius 2 is 1.86 bits per heavy atom. The summed E-state index contributed by atoms with van der Waals surface area (Å²) < 4.78 is 42.3. The normalized spacial score (nSPS) is 24.6. The van der Waals surface area contributed by atoms with Crippen LogP contribution in [0, 0.1) is 11.8 Å². The van der Waals surface area contributed by atoms with Gasteiger partial charge in [0, 0.05) is 36.7 Å². The first-order valence-electron chi connectivity index (χ1n) is 12.6. The summed E-state index contributed by atoms with van der Waals surface area (Å²) in [5.74, 6) is 0.504. The van der Waals surface area contributed by atoms with Crippen LogP contribution in [0.1, 0.15) is 26.7 Å². The van der Waals surface area contributed by atoms with Gasteiger partial charge in [-0.2, -0.15) is 4.98 Å². The fraction of sp³-hybridized carbons (Fsp3) is 0.500. The van der Waals surface area contributed by atoms with E-state index in [0.717, 1.165) is 24.0 Å². The van der Waals surface area contributed by atoms with Crippen LogP contribution in [0.25, 0.3) is 22.2 Å². The first kappa shape index (κ1) is 24.2. The molecule has 1 saturated carbocycles. The van der Waals surface area contributed by atoms with E-state index in [-0.39, 0.29) is 35.4 Å². The van der Waals surface area contributed by atoms with Crippen molar-refractivity contribution >= 4 is 27.0 Å². The predicted octanol–water partition coefficient (Wildman–Crippen LogP) is 3.43. The minimum Gasteiger partial charge on any atom is -0.472 e. The number of likely N-dealkylation sites (tertiary alicyclic amines) is 1. The number of carbonyl (C=O) groups excluding carboxylic acids is 1. The predicted molar refractivity (Wildman–Crippen MR) is 135 cm³/mol. The molecule has 6 rings (SSSR count). The summed E-state index contributed by atoms with van der Waals surface area (Å²) >= 11 is 0. The van der Waals surface area contributed by atoms with Gasteiger partial charge in [0.2, 0.25) is 5.88 Å². The Labute approximate surface area is 215 Å². The molecule has 1 aliphatic carbocycles. The Morgan fingerprint density at radius 1 is 1.16 bits per heavy atom. The number of carbonyl (C=O) groups is 1. The maximum Gasteiger partial charge on any atom is 0.410 e. The van der Waals surface area contributed by atoms with Crippen molar-refractivity contribution in [1.29, 1.82) is 0 Å². The van der Waals surface area contributed by atoms with E-state index in [4.69, 9.17) is 14.2 Å². The number of sulfone groups is 1. The lowest BCUT2D eigenvalue weighted by molar-refractivity contribution is -0.111. The smallest absolute Gasteiger partial charge is 0.410 e. The lowest BCUT2D eigenvalue weighted by atomic mass is 9.84. The second-order valence-electron chi connectivity index (χ2n) is 10.4. The van der Waals surface area contributed by atoms with Crippen molar-refractivity contribution in [2.45, 2.75) is 43.3 Å². The highest BCUT2D eigenvalue weighted by atomic mass is 32.2. The Hall–Kier alpha value is -3.18. The maximum atomic E-state index is 12.7. The Morgan fingerprint density at radius 3 is 2.51 bits per heavy atom. The van der Waals surface area contributed by atoms with Gasteiger partial charge in [0.25, 0.3) is 0 Å². The Kier molecular flexibility index (Phi) is 5.87. The number of hydrogen-bond acceptors (Lipinski definition) is 8. The molecule has 3 aromatic rings. The summed E-state index contributed by atoms with van der Waals surface area (Å²) in [6, 6.07) is 6.81. The lowest BCUT2D eigenvalue weighted by Crippen LogP contribution is -2.59. The van der Waals surface area contributed by atoms with Crippen molar-refractivity contribution in [3.05, 3.63) is 36.8 Å². The van der Waals surface area contributed by atoms with Gasteiger partial charge in [0.1, 0.15) is 29.1 Å². The molecule has 10 nitrogen and oxygen atoms in total. The summed E-state index contributed by atoms with van der Waals surface area (Å²) in [5, 5.41) is 0. The van der Waals surface area contributed by atoms with Crippen LogP contribution >= 0.6 is 0 Å². The van der Waals surface area contributed by atoms with Crippen LogP contribution in [-0.4, -0.2) is 78.1 Å². The van der Waals surface area contributed by atoms with E-state index in [1.54, 1.807) is 36.1 Å². The average Bonchev–Trinajstić information content (AvgIpc) is 3.44. The van der Waals surface area contributed by atoms with Crippen molar-refractivity contribution < 1.29 is 27.4 Å². The molecule has 2 bridgehead atoms. The highest BCUT2D eigenvalue weighted by Crippen LogP contribution is 2.40. The number of ether oxygens (including phenoxy) is 3. The fourth-order valence-corrected chi connectivity index (χ4v) is 6.04. The molecule has 196 valence electrons. The van der Waals surface area contributed by atoms with Gasteiger partial charge in [-0.05, 0) is 37.5 Å². The molecule has 0 spiro atoms. The number of rotatable bonds is 6. The zero-order valence-electron chi connectivity index (χ0n) is 20.8.